The second-order valence-corrected chi connectivity index (χ2v) is 14.6. The number of methoxy groups -OCH3 is 1. The summed E-state index contributed by atoms with van der Waals surface area (Å²) in [6.45, 7) is 2.74. The third kappa shape index (κ3) is 7.29. The van der Waals surface area contributed by atoms with Crippen molar-refractivity contribution in [2.75, 3.05) is 26.9 Å². The molecular weight excluding hydrogens is 678 g/mol. The highest BCUT2D eigenvalue weighted by Crippen LogP contribution is 2.46. The van der Waals surface area contributed by atoms with E-state index < -0.39 is 47.6 Å². The number of alkyl carbamates (subject to hydrolysis) is 1. The predicted octanol–water partition coefficient (Wildman–Crippen LogP) is 3.20. The molecule has 51 heavy (non-hydrogen) atoms. The normalized spacial score (nSPS) is 28.3. The lowest BCUT2D eigenvalue weighted by Gasteiger charge is -2.29. The molecule has 3 fully saturated rings. The van der Waals surface area contributed by atoms with Gasteiger partial charge in [-0.3, -0.25) is 14.3 Å². The molecule has 3 aromatic rings. The van der Waals surface area contributed by atoms with Gasteiger partial charge in [0, 0.05) is 25.8 Å². The first kappa shape index (κ1) is 34.9. The molecule has 2 saturated heterocycles. The van der Waals surface area contributed by atoms with Crippen LogP contribution in [0.2, 0.25) is 0 Å². The average molecular weight is 722 g/mol. The number of thiophene rings is 1. The van der Waals surface area contributed by atoms with Crippen LogP contribution in [0.4, 0.5) is 4.79 Å². The Bertz CT molecular complexity index is 1840. The van der Waals surface area contributed by atoms with Gasteiger partial charge in [0.15, 0.2) is 5.82 Å². The van der Waals surface area contributed by atoms with E-state index in [1.807, 2.05) is 43.6 Å². The lowest BCUT2D eigenvalue weighted by atomic mass is 10.0. The van der Waals surface area contributed by atoms with Crippen molar-refractivity contribution < 1.29 is 38.1 Å². The molecule has 15 nitrogen and oxygen atoms in total. The van der Waals surface area contributed by atoms with Crippen LogP contribution in [0.5, 0.6) is 5.88 Å². The largest absolute Gasteiger partial charge is 0.471 e. The van der Waals surface area contributed by atoms with E-state index in [0.717, 1.165) is 29.7 Å². The first-order valence-electron chi connectivity index (χ1n) is 17.5. The third-order valence-electron chi connectivity index (χ3n) is 10.0. The van der Waals surface area contributed by atoms with Crippen LogP contribution in [-0.2, 0) is 35.6 Å². The van der Waals surface area contributed by atoms with E-state index in [1.54, 1.807) is 4.68 Å². The van der Waals surface area contributed by atoms with Gasteiger partial charge in [-0.2, -0.15) is 10.1 Å². The average Bonchev–Trinajstić information content (AvgIpc) is 3.68. The molecule has 6 atom stereocenters. The maximum atomic E-state index is 14.5. The highest BCUT2D eigenvalue weighted by atomic mass is 32.1. The summed E-state index contributed by atoms with van der Waals surface area (Å²) in [7, 11) is 3.12. The second-order valence-electron chi connectivity index (χ2n) is 13.7. The van der Waals surface area contributed by atoms with Gasteiger partial charge in [0.25, 0.3) is 0 Å². The van der Waals surface area contributed by atoms with Crippen molar-refractivity contribution >= 4 is 45.4 Å². The molecule has 6 heterocycles. The Kier molecular flexibility index (Phi) is 9.97. The molecular formula is C35H43N7O8S. The zero-order chi connectivity index (χ0) is 35.7. The molecule has 3 aromatic heterocycles. The Hall–Kier alpha value is -4.57. The number of esters is 1. The number of fused-ring (bicyclic) bond motifs is 3. The van der Waals surface area contributed by atoms with Gasteiger partial charge in [-0.15, -0.1) is 11.3 Å². The summed E-state index contributed by atoms with van der Waals surface area (Å²) in [4.78, 5) is 65.7. The first-order valence-corrected chi connectivity index (χ1v) is 18.4. The number of carbonyl (C=O) groups excluding carboxylic acids is 4. The summed E-state index contributed by atoms with van der Waals surface area (Å²) in [5.41, 5.74) is 1.01. The maximum Gasteiger partial charge on any atom is 0.408 e. The minimum Gasteiger partial charge on any atom is -0.471 e. The van der Waals surface area contributed by atoms with E-state index in [9.17, 15) is 19.2 Å². The summed E-state index contributed by atoms with van der Waals surface area (Å²) in [6, 6.07) is 1.84. The van der Waals surface area contributed by atoms with Gasteiger partial charge < -0.3 is 34.5 Å². The molecule has 1 saturated carbocycles. The molecule has 0 aromatic carbocycles. The van der Waals surface area contributed by atoms with Crippen LogP contribution in [0.3, 0.4) is 0 Å². The summed E-state index contributed by atoms with van der Waals surface area (Å²) in [5.74, 6) is -0.907. The number of hydrogen-bond donors (Lipinski definition) is 2. The first-order chi connectivity index (χ1) is 24.6. The number of aryl methyl sites for hydroxylation is 2. The van der Waals surface area contributed by atoms with Crippen molar-refractivity contribution in [2.24, 2.45) is 13.0 Å². The van der Waals surface area contributed by atoms with Crippen molar-refractivity contribution in [3.8, 4) is 17.4 Å². The van der Waals surface area contributed by atoms with Crippen LogP contribution < -0.4 is 15.4 Å². The van der Waals surface area contributed by atoms with Gasteiger partial charge in [-0.1, -0.05) is 25.0 Å². The van der Waals surface area contributed by atoms with Crippen molar-refractivity contribution in [1.82, 2.24) is 35.3 Å². The number of amides is 3. The molecule has 7 rings (SSSR count). The molecule has 3 amide bonds. The van der Waals surface area contributed by atoms with Crippen LogP contribution in [0.25, 0.3) is 21.7 Å². The lowest BCUT2D eigenvalue weighted by Crippen LogP contribution is -2.56. The SMILES string of the molecule is COC(=O)[C@@]12C[C@H]1C=CCCCCC[C@H](NC(=O)O[C@H]1CCOC1)C(=O)N1C[C@H](Oc3nc(-c4cc(C)nn4C)nc4ccsc34)C[C@H]1C(=O)N2. The summed E-state index contributed by atoms with van der Waals surface area (Å²) in [6.07, 6.45) is 6.88. The minimum atomic E-state index is -1.22. The summed E-state index contributed by atoms with van der Waals surface area (Å²) in [5, 5.41) is 12.1. The lowest BCUT2D eigenvalue weighted by molar-refractivity contribution is -0.148. The summed E-state index contributed by atoms with van der Waals surface area (Å²) >= 11 is 1.43. The third-order valence-corrected chi connectivity index (χ3v) is 10.9. The molecule has 1 aliphatic carbocycles. The fraction of sp³-hybridized carbons (Fsp3) is 0.571. The standard InChI is InChI=1S/C35H43N7O8S/c1-20-15-26(41(2)40-20)29-36-24-12-14-51-28(24)31(38-29)49-23-16-27-30(43)39-35(33(45)47-3)17-21(35)9-7-5-4-6-8-10-25(32(44)42(27)18-23)37-34(46)50-22-11-13-48-19-22/h7,9,12,14-15,21-23,25,27H,4-6,8,10-11,13,16-19H2,1-3H3,(H,37,46)(H,39,43)/t21-,22+,23-,25+,27+,35-/m1/s1. The highest BCUT2D eigenvalue weighted by molar-refractivity contribution is 7.17. The molecule has 16 heteroatoms. The van der Waals surface area contributed by atoms with Crippen molar-refractivity contribution in [3.63, 3.8) is 0 Å². The molecule has 2 N–H and O–H groups in total. The zero-order valence-electron chi connectivity index (χ0n) is 29.0. The Morgan fingerprint density at radius 3 is 2.78 bits per heavy atom. The Labute approximate surface area is 299 Å². The van der Waals surface area contributed by atoms with Gasteiger partial charge >= 0.3 is 12.1 Å². The zero-order valence-corrected chi connectivity index (χ0v) is 29.8. The van der Waals surface area contributed by atoms with E-state index in [-0.39, 0.29) is 25.0 Å². The van der Waals surface area contributed by atoms with E-state index in [1.165, 1.54) is 23.3 Å². The van der Waals surface area contributed by atoms with E-state index in [4.69, 9.17) is 28.9 Å². The Balaban J connectivity index is 1.19. The van der Waals surface area contributed by atoms with Gasteiger partial charge in [0.2, 0.25) is 17.7 Å². The fourth-order valence-corrected chi connectivity index (χ4v) is 8.02. The monoisotopic (exact) mass is 721 g/mol. The van der Waals surface area contributed by atoms with Crippen LogP contribution in [0, 0.1) is 12.8 Å². The minimum absolute atomic E-state index is 0.0478. The molecule has 272 valence electrons. The van der Waals surface area contributed by atoms with Crippen molar-refractivity contribution in [3.05, 3.63) is 35.4 Å². The number of nitrogens with one attached hydrogen (secondary N) is 2. The van der Waals surface area contributed by atoms with E-state index in [2.05, 4.69) is 15.7 Å². The van der Waals surface area contributed by atoms with Gasteiger partial charge in [-0.05, 0) is 50.1 Å². The molecule has 4 aliphatic rings. The molecule has 3 aliphatic heterocycles. The van der Waals surface area contributed by atoms with Gasteiger partial charge in [-0.25, -0.2) is 14.6 Å². The van der Waals surface area contributed by atoms with Crippen LogP contribution >= 0.6 is 11.3 Å². The number of rotatable bonds is 6. The smallest absolute Gasteiger partial charge is 0.408 e. The Morgan fingerprint density at radius 1 is 1.16 bits per heavy atom. The number of ether oxygens (including phenoxy) is 4. The second kappa shape index (κ2) is 14.6. The quantitative estimate of drug-likeness (QED) is 0.283. The topological polar surface area (TPSA) is 176 Å². The number of hydrogen-bond acceptors (Lipinski definition) is 12. The number of allylic oxidation sites excluding steroid dienone is 1. The van der Waals surface area contributed by atoms with E-state index in [0.29, 0.717) is 61.8 Å². The number of carbonyl (C=O) groups is 4. The molecule has 0 radical (unpaired) electrons. The van der Waals surface area contributed by atoms with Gasteiger partial charge in [0.05, 0.1) is 38.1 Å². The van der Waals surface area contributed by atoms with Crippen molar-refractivity contribution in [1.29, 1.82) is 0 Å². The van der Waals surface area contributed by atoms with E-state index >= 15 is 0 Å². The molecule has 0 spiro atoms. The molecule has 0 unspecified atom stereocenters. The van der Waals surface area contributed by atoms with Crippen LogP contribution in [-0.4, -0.2) is 105 Å². The Morgan fingerprint density at radius 2 is 2.02 bits per heavy atom. The maximum absolute atomic E-state index is 14.5. The fourth-order valence-electron chi connectivity index (χ4n) is 7.26. The predicted molar refractivity (Wildman–Crippen MR) is 185 cm³/mol. The van der Waals surface area contributed by atoms with Gasteiger partial charge in [0.1, 0.15) is 40.2 Å². The molecule has 0 bridgehead atoms. The number of aromatic nitrogens is 4. The number of nitrogens with zero attached hydrogens (tertiary/aromatic N) is 5. The van der Waals surface area contributed by atoms with Crippen LogP contribution in [0.1, 0.15) is 57.1 Å². The van der Waals surface area contributed by atoms with Crippen LogP contribution in [0.15, 0.2) is 29.7 Å². The highest BCUT2D eigenvalue weighted by Gasteiger charge is 2.62. The van der Waals surface area contributed by atoms with Crippen molar-refractivity contribution in [2.45, 2.75) is 88.1 Å². The summed E-state index contributed by atoms with van der Waals surface area (Å²) < 4.78 is 25.0.